The number of benzene rings is 1. The molecule has 240 valence electrons. The molecule has 0 aromatic heterocycles. The molecule has 6 fully saturated rings. The second-order valence-electron chi connectivity index (χ2n) is 17.3. The summed E-state index contributed by atoms with van der Waals surface area (Å²) in [5.74, 6) is 5.90. The fraction of sp³-hybridized carbons (Fsp3) is 0.850. The maximum absolute atomic E-state index is 7.06. The van der Waals surface area contributed by atoms with Crippen LogP contribution in [0.5, 0.6) is 0 Å². The minimum absolute atomic E-state index is 0.448. The lowest BCUT2D eigenvalue weighted by Crippen LogP contribution is -2.54. The number of nitrogens with zero attached hydrogens (tertiary/aromatic N) is 1. The molecule has 0 radical (unpaired) electrons. The minimum Gasteiger partial charge on any atom is -0.374 e. The van der Waals surface area contributed by atoms with Crippen molar-refractivity contribution in [1.29, 1.82) is 0 Å². The minimum atomic E-state index is 0.448. The molecular weight excluding hydrogens is 526 g/mol. The highest BCUT2D eigenvalue weighted by atomic mass is 16.5. The second-order valence-corrected chi connectivity index (χ2v) is 17.3. The monoisotopic (exact) mass is 589 g/mol. The topological polar surface area (TPSA) is 21.7 Å². The summed E-state index contributed by atoms with van der Waals surface area (Å²) in [5.41, 5.74) is 3.67. The van der Waals surface area contributed by atoms with Gasteiger partial charge in [0.05, 0.1) is 24.9 Å². The summed E-state index contributed by atoms with van der Waals surface area (Å²) in [4.78, 5) is 2.73. The van der Waals surface area contributed by atoms with Crippen LogP contribution in [0, 0.1) is 59.2 Å². The van der Waals surface area contributed by atoms with Crippen LogP contribution in [0.1, 0.15) is 122 Å². The van der Waals surface area contributed by atoms with E-state index in [4.69, 9.17) is 9.47 Å². The molecule has 6 aliphatic rings. The molecule has 0 N–H and O–H groups in total. The summed E-state index contributed by atoms with van der Waals surface area (Å²) in [6.45, 7) is 17.4. The van der Waals surface area contributed by atoms with Crippen LogP contribution < -0.4 is 0 Å². The molecule has 3 heteroatoms. The zero-order valence-corrected chi connectivity index (χ0v) is 28.4. The van der Waals surface area contributed by atoms with E-state index in [9.17, 15) is 0 Å². The van der Waals surface area contributed by atoms with E-state index in [2.05, 4.69) is 63.8 Å². The Kier molecular flexibility index (Phi) is 8.84. The molecule has 2 saturated heterocycles. The predicted molar refractivity (Wildman–Crippen MR) is 177 cm³/mol. The lowest BCUT2D eigenvalue weighted by atomic mass is 9.44. The van der Waals surface area contributed by atoms with E-state index in [-0.39, 0.29) is 0 Å². The lowest BCUT2D eigenvalue weighted by molar-refractivity contribution is -0.139. The Morgan fingerprint density at radius 3 is 2.49 bits per heavy atom. The Hall–Kier alpha value is -0.900. The molecule has 3 nitrogen and oxygen atoms in total. The van der Waals surface area contributed by atoms with Crippen LogP contribution in [0.15, 0.2) is 24.3 Å². The number of rotatable bonds is 8. The molecule has 4 saturated carbocycles. The highest BCUT2D eigenvalue weighted by Gasteiger charge is 2.65. The quantitative estimate of drug-likeness (QED) is 0.301. The molecule has 0 spiro atoms. The number of ether oxygens (including phenoxy) is 2. The van der Waals surface area contributed by atoms with E-state index < -0.39 is 0 Å². The molecular formula is C40H63NO2. The molecule has 1 aromatic carbocycles. The average Bonchev–Trinajstić information content (AvgIpc) is 3.49. The van der Waals surface area contributed by atoms with Crippen molar-refractivity contribution in [2.75, 3.05) is 19.6 Å². The van der Waals surface area contributed by atoms with Crippen molar-refractivity contribution in [3.8, 4) is 0 Å². The standard InChI is InChI=1S/C40H63NO2/c1-27-9-12-30(13-10-27)26-42-32-17-19-39(4)31(23-32)14-15-33-34(39)18-20-40(5)35(33)24-37-38(40)29(3)36(43-37)16-11-28(2)25-41-21-7-6-8-22-41/h9-10,12-13,28-29,31-38H,6-8,11,14-26H2,1-5H3/t28-,29+,31+,32-,33+,34-,35-,36+,37-,38-,39-,40-/m0/s1. The first-order valence-corrected chi connectivity index (χ1v) is 18.8. The van der Waals surface area contributed by atoms with Gasteiger partial charge in [-0.25, -0.2) is 0 Å². The van der Waals surface area contributed by atoms with Gasteiger partial charge in [-0.05, 0) is 155 Å². The summed E-state index contributed by atoms with van der Waals surface area (Å²) in [5, 5.41) is 0. The average molecular weight is 590 g/mol. The van der Waals surface area contributed by atoms with Crippen LogP contribution >= 0.6 is 0 Å². The Bertz CT molecular complexity index is 1080. The molecule has 0 amide bonds. The summed E-state index contributed by atoms with van der Waals surface area (Å²) < 4.78 is 13.6. The van der Waals surface area contributed by atoms with Crippen LogP contribution in [0.3, 0.4) is 0 Å². The van der Waals surface area contributed by atoms with Gasteiger partial charge in [-0.1, -0.05) is 63.9 Å². The van der Waals surface area contributed by atoms with Crippen LogP contribution in [-0.2, 0) is 16.1 Å². The van der Waals surface area contributed by atoms with E-state index in [1.807, 2.05) is 0 Å². The molecule has 0 unspecified atom stereocenters. The van der Waals surface area contributed by atoms with E-state index in [1.54, 1.807) is 0 Å². The largest absolute Gasteiger partial charge is 0.374 e. The maximum Gasteiger partial charge on any atom is 0.0720 e. The van der Waals surface area contributed by atoms with Crippen LogP contribution in [0.2, 0.25) is 0 Å². The van der Waals surface area contributed by atoms with Gasteiger partial charge in [0.25, 0.3) is 0 Å². The highest BCUT2D eigenvalue weighted by molar-refractivity contribution is 5.20. The third-order valence-corrected chi connectivity index (χ3v) is 14.8. The molecule has 7 rings (SSSR count). The molecule has 4 aliphatic carbocycles. The smallest absolute Gasteiger partial charge is 0.0720 e. The molecule has 2 heterocycles. The van der Waals surface area contributed by atoms with Gasteiger partial charge in [-0.3, -0.25) is 0 Å². The van der Waals surface area contributed by atoms with Gasteiger partial charge in [0.2, 0.25) is 0 Å². The van der Waals surface area contributed by atoms with E-state index in [0.29, 0.717) is 29.1 Å². The van der Waals surface area contributed by atoms with Crippen molar-refractivity contribution >= 4 is 0 Å². The summed E-state index contributed by atoms with van der Waals surface area (Å²) in [6.07, 6.45) is 19.4. The van der Waals surface area contributed by atoms with Crippen LogP contribution in [0.4, 0.5) is 0 Å². The molecule has 2 aliphatic heterocycles. The first-order valence-electron chi connectivity index (χ1n) is 18.8. The third-order valence-electron chi connectivity index (χ3n) is 14.8. The first-order chi connectivity index (χ1) is 20.7. The van der Waals surface area contributed by atoms with Gasteiger partial charge >= 0.3 is 0 Å². The number of fused-ring (bicyclic) bond motifs is 7. The zero-order valence-electron chi connectivity index (χ0n) is 28.4. The van der Waals surface area contributed by atoms with E-state index in [0.717, 1.165) is 48.0 Å². The molecule has 1 aromatic rings. The lowest BCUT2D eigenvalue weighted by Gasteiger charge is -2.61. The van der Waals surface area contributed by atoms with E-state index in [1.165, 1.54) is 114 Å². The number of likely N-dealkylation sites (tertiary alicyclic amines) is 1. The van der Waals surface area contributed by atoms with Crippen molar-refractivity contribution in [2.24, 2.45) is 52.3 Å². The van der Waals surface area contributed by atoms with Gasteiger partial charge in [0.1, 0.15) is 0 Å². The van der Waals surface area contributed by atoms with Gasteiger partial charge in [0.15, 0.2) is 0 Å². The summed E-state index contributed by atoms with van der Waals surface area (Å²) in [6, 6.07) is 8.92. The van der Waals surface area contributed by atoms with Crippen molar-refractivity contribution < 1.29 is 9.47 Å². The Balaban J connectivity index is 0.942. The van der Waals surface area contributed by atoms with E-state index >= 15 is 0 Å². The number of aryl methyl sites for hydroxylation is 1. The highest BCUT2D eigenvalue weighted by Crippen LogP contribution is 2.70. The second kappa shape index (κ2) is 12.4. The van der Waals surface area contributed by atoms with Gasteiger partial charge in [-0.2, -0.15) is 0 Å². The normalized spacial score (nSPS) is 45.2. The Morgan fingerprint density at radius 1 is 0.930 bits per heavy atom. The maximum atomic E-state index is 7.06. The van der Waals surface area contributed by atoms with Crippen LogP contribution in [-0.4, -0.2) is 42.8 Å². The summed E-state index contributed by atoms with van der Waals surface area (Å²) >= 11 is 0. The Morgan fingerprint density at radius 2 is 1.70 bits per heavy atom. The van der Waals surface area contributed by atoms with Gasteiger partial charge < -0.3 is 14.4 Å². The van der Waals surface area contributed by atoms with Gasteiger partial charge in [0, 0.05) is 6.54 Å². The zero-order chi connectivity index (χ0) is 29.8. The summed E-state index contributed by atoms with van der Waals surface area (Å²) in [7, 11) is 0. The molecule has 12 atom stereocenters. The number of hydrogen-bond donors (Lipinski definition) is 0. The molecule has 0 bridgehead atoms. The van der Waals surface area contributed by atoms with Crippen molar-refractivity contribution in [2.45, 2.75) is 143 Å². The fourth-order valence-corrected chi connectivity index (χ4v) is 12.4. The van der Waals surface area contributed by atoms with Crippen LogP contribution in [0.25, 0.3) is 0 Å². The van der Waals surface area contributed by atoms with Crippen molar-refractivity contribution in [3.63, 3.8) is 0 Å². The number of hydrogen-bond acceptors (Lipinski definition) is 3. The first kappa shape index (κ1) is 30.7. The SMILES string of the molecule is Cc1ccc(CO[C@H]2CC[C@@]3(C)[C@H](CC[C@@H]4[C@@H]3CC[C@]3(C)[C@H]5[C@H](C)[C@@H](CC[C@H](C)CN6CCCCC6)O[C@H]5C[C@@H]43)C2)cc1. The molecule has 43 heavy (non-hydrogen) atoms. The number of piperidine rings is 1. The Labute approximate surface area is 264 Å². The third kappa shape index (κ3) is 5.80. The predicted octanol–water partition coefficient (Wildman–Crippen LogP) is 9.45. The van der Waals surface area contributed by atoms with Gasteiger partial charge in [-0.15, -0.1) is 0 Å². The van der Waals surface area contributed by atoms with Crippen molar-refractivity contribution in [3.05, 3.63) is 35.4 Å². The fourth-order valence-electron chi connectivity index (χ4n) is 12.4. The van der Waals surface area contributed by atoms with Crippen molar-refractivity contribution in [1.82, 2.24) is 4.90 Å².